The Morgan fingerprint density at radius 3 is 2.88 bits per heavy atom. The van der Waals surface area contributed by atoms with Gasteiger partial charge in [-0.25, -0.2) is 4.39 Å². The van der Waals surface area contributed by atoms with Crippen molar-refractivity contribution >= 4 is 0 Å². The van der Waals surface area contributed by atoms with Crippen molar-refractivity contribution in [1.82, 2.24) is 9.78 Å². The molecule has 17 heavy (non-hydrogen) atoms. The third-order valence-electron chi connectivity index (χ3n) is 2.84. The number of hydrogen-bond donors (Lipinski definition) is 1. The third kappa shape index (κ3) is 2.53. The van der Waals surface area contributed by atoms with Crippen LogP contribution in [0.5, 0.6) is 0 Å². The van der Waals surface area contributed by atoms with Crippen molar-refractivity contribution < 1.29 is 4.39 Å². The van der Waals surface area contributed by atoms with Crippen LogP contribution in [0.15, 0.2) is 30.6 Å². The molecule has 0 saturated carbocycles. The van der Waals surface area contributed by atoms with Crippen molar-refractivity contribution in [2.45, 2.75) is 19.4 Å². The molecular weight excluding hydrogens is 217 g/mol. The van der Waals surface area contributed by atoms with Gasteiger partial charge in [-0.3, -0.25) is 4.68 Å². The molecule has 2 aromatic rings. The fraction of sp³-hybridized carbons (Fsp3) is 0.308. The van der Waals surface area contributed by atoms with E-state index in [0.29, 0.717) is 17.5 Å². The number of aryl methyl sites for hydroxylation is 2. The lowest BCUT2D eigenvalue weighted by Gasteiger charge is -2.13. The number of rotatable bonds is 3. The van der Waals surface area contributed by atoms with E-state index < -0.39 is 0 Å². The fourth-order valence-corrected chi connectivity index (χ4v) is 1.90. The summed E-state index contributed by atoms with van der Waals surface area (Å²) in [4.78, 5) is 0. The Labute approximate surface area is 100 Å². The van der Waals surface area contributed by atoms with Crippen molar-refractivity contribution in [3.63, 3.8) is 0 Å². The van der Waals surface area contributed by atoms with E-state index in [-0.39, 0.29) is 11.9 Å². The number of benzene rings is 1. The summed E-state index contributed by atoms with van der Waals surface area (Å²) in [6, 6.07) is 4.98. The maximum absolute atomic E-state index is 13.9. The quantitative estimate of drug-likeness (QED) is 0.882. The molecule has 0 aliphatic rings. The van der Waals surface area contributed by atoms with Gasteiger partial charge >= 0.3 is 0 Å². The van der Waals surface area contributed by atoms with Gasteiger partial charge in [-0.05, 0) is 24.5 Å². The summed E-state index contributed by atoms with van der Waals surface area (Å²) in [5.41, 5.74) is 8.24. The van der Waals surface area contributed by atoms with Crippen LogP contribution in [0.2, 0.25) is 0 Å². The average Bonchev–Trinajstić information content (AvgIpc) is 2.68. The first-order valence-electron chi connectivity index (χ1n) is 5.56. The lowest BCUT2D eigenvalue weighted by molar-refractivity contribution is 0.573. The van der Waals surface area contributed by atoms with E-state index in [9.17, 15) is 4.39 Å². The zero-order valence-corrected chi connectivity index (χ0v) is 10.0. The fourth-order valence-electron chi connectivity index (χ4n) is 1.90. The molecule has 0 amide bonds. The van der Waals surface area contributed by atoms with E-state index in [1.165, 1.54) is 0 Å². The average molecular weight is 233 g/mol. The van der Waals surface area contributed by atoms with Gasteiger partial charge in [0, 0.05) is 24.8 Å². The highest BCUT2D eigenvalue weighted by molar-refractivity contribution is 5.28. The predicted molar refractivity (Wildman–Crippen MR) is 65.0 cm³/mol. The van der Waals surface area contributed by atoms with Crippen molar-refractivity contribution in [1.29, 1.82) is 0 Å². The Kier molecular flexibility index (Phi) is 3.24. The Balaban J connectivity index is 2.20. The van der Waals surface area contributed by atoms with Crippen molar-refractivity contribution in [2.24, 2.45) is 12.8 Å². The minimum Gasteiger partial charge on any atom is -0.324 e. The van der Waals surface area contributed by atoms with Gasteiger partial charge in [0.1, 0.15) is 5.82 Å². The van der Waals surface area contributed by atoms with Crippen LogP contribution in [0.25, 0.3) is 0 Å². The number of hydrogen-bond acceptors (Lipinski definition) is 2. The molecule has 1 aromatic heterocycles. The largest absolute Gasteiger partial charge is 0.324 e. The van der Waals surface area contributed by atoms with Gasteiger partial charge in [0.25, 0.3) is 0 Å². The van der Waals surface area contributed by atoms with Crippen LogP contribution in [-0.2, 0) is 13.5 Å². The number of nitrogens with zero attached hydrogens (tertiary/aromatic N) is 2. The monoisotopic (exact) mass is 233 g/mol. The van der Waals surface area contributed by atoms with Gasteiger partial charge in [0.15, 0.2) is 0 Å². The van der Waals surface area contributed by atoms with Crippen LogP contribution in [0.3, 0.4) is 0 Å². The van der Waals surface area contributed by atoms with Gasteiger partial charge in [-0.1, -0.05) is 18.2 Å². The standard InChI is InChI=1S/C13H16FN3/c1-9-4-3-5-11(13(9)14)12(15)6-10-7-16-17(2)8-10/h3-5,7-8,12H,6,15H2,1-2H3. The molecule has 1 heterocycles. The maximum atomic E-state index is 13.9. The normalized spacial score (nSPS) is 12.7. The van der Waals surface area contributed by atoms with Crippen molar-refractivity contribution in [2.75, 3.05) is 0 Å². The Morgan fingerprint density at radius 2 is 2.24 bits per heavy atom. The van der Waals surface area contributed by atoms with Gasteiger partial charge < -0.3 is 5.73 Å². The summed E-state index contributed by atoms with van der Waals surface area (Å²) in [5, 5.41) is 4.07. The first-order valence-corrected chi connectivity index (χ1v) is 5.56. The van der Waals surface area contributed by atoms with E-state index in [1.807, 2.05) is 19.3 Å². The second kappa shape index (κ2) is 4.67. The van der Waals surface area contributed by atoms with E-state index in [1.54, 1.807) is 29.9 Å². The Morgan fingerprint density at radius 1 is 1.47 bits per heavy atom. The van der Waals surface area contributed by atoms with Crippen LogP contribution < -0.4 is 5.73 Å². The van der Waals surface area contributed by atoms with Gasteiger partial charge in [0.05, 0.1) is 6.20 Å². The number of aromatic nitrogens is 2. The van der Waals surface area contributed by atoms with Crippen LogP contribution >= 0.6 is 0 Å². The van der Waals surface area contributed by atoms with Gasteiger partial charge in [-0.15, -0.1) is 0 Å². The highest BCUT2D eigenvalue weighted by Crippen LogP contribution is 2.20. The Hall–Kier alpha value is -1.68. The molecule has 0 radical (unpaired) electrons. The molecule has 0 fully saturated rings. The molecule has 3 nitrogen and oxygen atoms in total. The minimum absolute atomic E-state index is 0.205. The molecule has 2 N–H and O–H groups in total. The van der Waals surface area contributed by atoms with Gasteiger partial charge in [0.2, 0.25) is 0 Å². The smallest absolute Gasteiger partial charge is 0.130 e. The summed E-state index contributed by atoms with van der Waals surface area (Å²) in [6.45, 7) is 1.75. The zero-order valence-electron chi connectivity index (χ0n) is 10.0. The van der Waals surface area contributed by atoms with Crippen molar-refractivity contribution in [3.8, 4) is 0 Å². The van der Waals surface area contributed by atoms with Crippen LogP contribution in [0.1, 0.15) is 22.7 Å². The maximum Gasteiger partial charge on any atom is 0.130 e. The van der Waals surface area contributed by atoms with Gasteiger partial charge in [-0.2, -0.15) is 5.10 Å². The third-order valence-corrected chi connectivity index (χ3v) is 2.84. The molecule has 90 valence electrons. The molecular formula is C13H16FN3. The van der Waals surface area contributed by atoms with Crippen LogP contribution in [0, 0.1) is 12.7 Å². The molecule has 1 atom stereocenters. The minimum atomic E-state index is -0.334. The van der Waals surface area contributed by atoms with Crippen molar-refractivity contribution in [3.05, 3.63) is 53.1 Å². The topological polar surface area (TPSA) is 43.8 Å². The lowest BCUT2D eigenvalue weighted by Crippen LogP contribution is -2.15. The van der Waals surface area contributed by atoms with E-state index >= 15 is 0 Å². The first kappa shape index (κ1) is 11.8. The second-order valence-corrected chi connectivity index (χ2v) is 4.31. The van der Waals surface area contributed by atoms with Crippen LogP contribution in [0.4, 0.5) is 4.39 Å². The highest BCUT2D eigenvalue weighted by atomic mass is 19.1. The molecule has 2 rings (SSSR count). The SMILES string of the molecule is Cc1cccc(C(N)Cc2cnn(C)c2)c1F. The molecule has 0 saturated heterocycles. The lowest BCUT2D eigenvalue weighted by atomic mass is 9.99. The summed E-state index contributed by atoms with van der Waals surface area (Å²) in [6.07, 6.45) is 4.25. The summed E-state index contributed by atoms with van der Waals surface area (Å²) >= 11 is 0. The molecule has 0 bridgehead atoms. The number of halogens is 1. The molecule has 0 aliphatic carbocycles. The van der Waals surface area contributed by atoms with E-state index in [0.717, 1.165) is 5.56 Å². The molecule has 0 aliphatic heterocycles. The van der Waals surface area contributed by atoms with Crippen LogP contribution in [-0.4, -0.2) is 9.78 Å². The van der Waals surface area contributed by atoms with E-state index in [4.69, 9.17) is 5.73 Å². The highest BCUT2D eigenvalue weighted by Gasteiger charge is 2.13. The predicted octanol–water partition coefficient (Wildman–Crippen LogP) is 2.11. The molecule has 1 aromatic carbocycles. The zero-order chi connectivity index (χ0) is 12.4. The second-order valence-electron chi connectivity index (χ2n) is 4.31. The molecule has 1 unspecified atom stereocenters. The van der Waals surface area contributed by atoms with E-state index in [2.05, 4.69) is 5.10 Å². The summed E-state index contributed by atoms with van der Waals surface area (Å²) in [5.74, 6) is -0.205. The Bertz CT molecular complexity index is 519. The molecule has 4 heteroatoms. The number of nitrogens with two attached hydrogens (primary N) is 1. The summed E-state index contributed by atoms with van der Waals surface area (Å²) in [7, 11) is 1.85. The first-order chi connectivity index (χ1) is 8.08. The molecule has 0 spiro atoms. The summed E-state index contributed by atoms with van der Waals surface area (Å²) < 4.78 is 15.6.